The molecular weight excluding hydrogens is 520 g/mol. The van der Waals surface area contributed by atoms with Crippen LogP contribution in [0.1, 0.15) is 49.0 Å². The van der Waals surface area contributed by atoms with Gasteiger partial charge in [-0.1, -0.05) is 42.0 Å². The molecule has 1 unspecified atom stereocenters. The molecule has 4 rings (SSSR count). The molecule has 1 aliphatic rings. The maximum absolute atomic E-state index is 13.5. The average molecular weight is 554 g/mol. The number of carbonyl (C=O) groups is 2. The quantitative estimate of drug-likeness (QED) is 0.248. The van der Waals surface area contributed by atoms with Gasteiger partial charge in [-0.05, 0) is 84.8 Å². The lowest BCUT2D eigenvalue weighted by Gasteiger charge is -2.30. The Labute approximate surface area is 232 Å². The number of aliphatic carboxylic acids is 2. The van der Waals surface area contributed by atoms with Crippen molar-refractivity contribution in [3.05, 3.63) is 107 Å². The van der Waals surface area contributed by atoms with Crippen LogP contribution in [0.5, 0.6) is 5.75 Å². The number of likely N-dealkylation sites (tertiary alicyclic amines) is 1. The van der Waals surface area contributed by atoms with E-state index in [1.165, 1.54) is 29.8 Å². The highest BCUT2D eigenvalue weighted by Gasteiger charge is 2.19. The third-order valence-corrected chi connectivity index (χ3v) is 6.51. The molecular formula is C31H33F2NO6. The number of hydrogen-bond donors (Lipinski definition) is 3. The van der Waals surface area contributed by atoms with Gasteiger partial charge in [-0.3, -0.25) is 0 Å². The molecule has 0 spiro atoms. The summed E-state index contributed by atoms with van der Waals surface area (Å²) in [6.07, 6.45) is 2.30. The molecule has 7 nitrogen and oxygen atoms in total. The number of aliphatic hydroxyl groups is 1. The molecule has 0 bridgehead atoms. The summed E-state index contributed by atoms with van der Waals surface area (Å²) in [6.45, 7) is 5.25. The molecule has 0 aromatic heterocycles. The topological polar surface area (TPSA) is 107 Å². The Bertz CT molecular complexity index is 1220. The summed E-state index contributed by atoms with van der Waals surface area (Å²) in [4.78, 5) is 20.6. The van der Waals surface area contributed by atoms with Crippen molar-refractivity contribution in [2.24, 2.45) is 0 Å². The molecule has 1 atom stereocenters. The van der Waals surface area contributed by atoms with Crippen molar-refractivity contribution in [3.8, 4) is 5.75 Å². The smallest absolute Gasteiger partial charge is 0.414 e. The molecule has 9 heteroatoms. The SMILES string of the molecule is CC(O)c1ccc(OCCCN2CCC(=C(c3ccc(F)cc3)c3ccc(F)cc3)CC2)cc1.O=C(O)C(=O)O. The zero-order valence-corrected chi connectivity index (χ0v) is 22.2. The number of ether oxygens (including phenoxy) is 1. The second-order valence-corrected chi connectivity index (χ2v) is 9.39. The van der Waals surface area contributed by atoms with E-state index in [0.29, 0.717) is 6.61 Å². The van der Waals surface area contributed by atoms with Crippen molar-refractivity contribution in [1.29, 1.82) is 0 Å². The van der Waals surface area contributed by atoms with Crippen molar-refractivity contribution in [2.75, 3.05) is 26.2 Å². The highest BCUT2D eigenvalue weighted by Crippen LogP contribution is 2.32. The first-order chi connectivity index (χ1) is 19.1. The van der Waals surface area contributed by atoms with E-state index in [2.05, 4.69) is 4.90 Å². The van der Waals surface area contributed by atoms with Crippen molar-refractivity contribution >= 4 is 17.5 Å². The summed E-state index contributed by atoms with van der Waals surface area (Å²) in [5.74, 6) is -3.35. The van der Waals surface area contributed by atoms with Crippen molar-refractivity contribution < 1.29 is 38.4 Å². The Kier molecular flexibility index (Phi) is 11.4. The van der Waals surface area contributed by atoms with E-state index < -0.39 is 18.0 Å². The first-order valence-corrected chi connectivity index (χ1v) is 13.0. The summed E-state index contributed by atoms with van der Waals surface area (Å²) in [5.41, 5.74) is 5.22. The van der Waals surface area contributed by atoms with Gasteiger partial charge in [-0.2, -0.15) is 0 Å². The fourth-order valence-electron chi connectivity index (χ4n) is 4.43. The van der Waals surface area contributed by atoms with Crippen LogP contribution in [0.25, 0.3) is 5.57 Å². The Morgan fingerprint density at radius 1 is 0.825 bits per heavy atom. The molecule has 212 valence electrons. The standard InChI is InChI=1S/C29H31F2NO2.C2H2O4/c1-21(33)22-7-13-28(14-8-22)34-20-2-17-32-18-15-25(16-19-32)29(23-3-9-26(30)10-4-23)24-5-11-27(31)12-6-24;3-1(4)2(5)6/h3-14,21,33H,2,15-20H2,1H3;(H,3,4)(H,5,6). The lowest BCUT2D eigenvalue weighted by molar-refractivity contribution is -0.159. The van der Waals surface area contributed by atoms with Gasteiger partial charge >= 0.3 is 11.9 Å². The van der Waals surface area contributed by atoms with E-state index in [9.17, 15) is 13.9 Å². The monoisotopic (exact) mass is 553 g/mol. The van der Waals surface area contributed by atoms with E-state index in [4.69, 9.17) is 24.5 Å². The second kappa shape index (κ2) is 14.9. The molecule has 40 heavy (non-hydrogen) atoms. The largest absolute Gasteiger partial charge is 0.494 e. The fourth-order valence-corrected chi connectivity index (χ4v) is 4.43. The number of aliphatic hydroxyl groups excluding tert-OH is 1. The van der Waals surface area contributed by atoms with E-state index in [-0.39, 0.29) is 11.6 Å². The highest BCUT2D eigenvalue weighted by molar-refractivity contribution is 6.27. The third kappa shape index (κ3) is 9.29. The van der Waals surface area contributed by atoms with Gasteiger partial charge in [-0.15, -0.1) is 0 Å². The Morgan fingerprint density at radius 2 is 1.30 bits per heavy atom. The molecule has 1 fully saturated rings. The summed E-state index contributed by atoms with van der Waals surface area (Å²) < 4.78 is 32.9. The predicted molar refractivity (Wildman–Crippen MR) is 147 cm³/mol. The number of nitrogens with zero attached hydrogens (tertiary/aromatic N) is 1. The number of carboxylic acid groups (broad SMARTS) is 2. The maximum Gasteiger partial charge on any atom is 0.414 e. The number of rotatable bonds is 8. The number of hydrogen-bond acceptors (Lipinski definition) is 5. The minimum atomic E-state index is -1.82. The van der Waals surface area contributed by atoms with E-state index >= 15 is 0 Å². The average Bonchev–Trinajstić information content (AvgIpc) is 2.94. The zero-order valence-electron chi connectivity index (χ0n) is 22.2. The fraction of sp³-hybridized carbons (Fsp3) is 0.290. The highest BCUT2D eigenvalue weighted by atomic mass is 19.1. The van der Waals surface area contributed by atoms with Gasteiger partial charge in [0.2, 0.25) is 0 Å². The number of piperidine rings is 1. The number of benzene rings is 3. The Balaban J connectivity index is 0.000000663. The zero-order chi connectivity index (χ0) is 29.1. The van der Waals surface area contributed by atoms with E-state index in [1.54, 1.807) is 31.2 Å². The van der Waals surface area contributed by atoms with Gasteiger partial charge in [0.25, 0.3) is 0 Å². The van der Waals surface area contributed by atoms with Crippen LogP contribution in [0.3, 0.4) is 0 Å². The number of carboxylic acids is 2. The van der Waals surface area contributed by atoms with Gasteiger partial charge in [-0.25, -0.2) is 18.4 Å². The van der Waals surface area contributed by atoms with Crippen molar-refractivity contribution in [3.63, 3.8) is 0 Å². The summed E-state index contributed by atoms with van der Waals surface area (Å²) in [6, 6.07) is 20.7. The van der Waals surface area contributed by atoms with Crippen LogP contribution in [0, 0.1) is 11.6 Å². The van der Waals surface area contributed by atoms with Crippen LogP contribution in [0.2, 0.25) is 0 Å². The minimum absolute atomic E-state index is 0.261. The molecule has 0 saturated carbocycles. The van der Waals surface area contributed by atoms with Crippen LogP contribution >= 0.6 is 0 Å². The van der Waals surface area contributed by atoms with Gasteiger partial charge in [0, 0.05) is 19.6 Å². The molecule has 3 aromatic rings. The molecule has 0 radical (unpaired) electrons. The second-order valence-electron chi connectivity index (χ2n) is 9.39. The Hall–Kier alpha value is -4.08. The van der Waals surface area contributed by atoms with Crippen LogP contribution in [-0.4, -0.2) is 58.4 Å². The lowest BCUT2D eigenvalue weighted by atomic mass is 9.88. The summed E-state index contributed by atoms with van der Waals surface area (Å²) in [7, 11) is 0. The summed E-state index contributed by atoms with van der Waals surface area (Å²) >= 11 is 0. The first-order valence-electron chi connectivity index (χ1n) is 13.0. The molecule has 1 aliphatic heterocycles. The minimum Gasteiger partial charge on any atom is -0.494 e. The first kappa shape index (κ1) is 30.5. The molecule has 1 heterocycles. The van der Waals surface area contributed by atoms with Crippen LogP contribution in [0.15, 0.2) is 78.4 Å². The van der Waals surface area contributed by atoms with Gasteiger partial charge < -0.3 is 25.0 Å². The van der Waals surface area contributed by atoms with Gasteiger partial charge in [0.05, 0.1) is 12.7 Å². The van der Waals surface area contributed by atoms with E-state index in [1.807, 2.05) is 24.3 Å². The van der Waals surface area contributed by atoms with Crippen LogP contribution in [0.4, 0.5) is 8.78 Å². The molecule has 0 aliphatic carbocycles. The van der Waals surface area contributed by atoms with E-state index in [0.717, 1.165) is 66.9 Å². The number of halogens is 2. The molecule has 3 aromatic carbocycles. The maximum atomic E-state index is 13.5. The van der Waals surface area contributed by atoms with Crippen LogP contribution < -0.4 is 4.74 Å². The Morgan fingerprint density at radius 3 is 1.73 bits per heavy atom. The van der Waals surface area contributed by atoms with Gasteiger partial charge in [0.15, 0.2) is 0 Å². The van der Waals surface area contributed by atoms with Crippen molar-refractivity contribution in [1.82, 2.24) is 4.90 Å². The molecule has 1 saturated heterocycles. The lowest BCUT2D eigenvalue weighted by Crippen LogP contribution is -2.32. The molecule has 0 amide bonds. The van der Waals surface area contributed by atoms with Crippen molar-refractivity contribution in [2.45, 2.75) is 32.3 Å². The molecule has 3 N–H and O–H groups in total. The van der Waals surface area contributed by atoms with Gasteiger partial charge in [0.1, 0.15) is 17.4 Å². The summed E-state index contributed by atoms with van der Waals surface area (Å²) in [5, 5.41) is 24.4. The van der Waals surface area contributed by atoms with Crippen LogP contribution in [-0.2, 0) is 9.59 Å². The predicted octanol–water partition coefficient (Wildman–Crippen LogP) is 5.54. The normalized spacial score (nSPS) is 14.1. The third-order valence-electron chi connectivity index (χ3n) is 6.51.